The van der Waals surface area contributed by atoms with Crippen LogP contribution >= 0.6 is 23.2 Å². The maximum Gasteiger partial charge on any atom is 0.338 e. The number of rotatable bonds is 4. The SMILES string of the molecule is CS(=O)(=O)N1CCC(OC(=O)c2ccc3nc(-c4cc(Cl)cc(Cl)c4)oc3c2)C1. The maximum absolute atomic E-state index is 12.5. The minimum atomic E-state index is -3.29. The van der Waals surface area contributed by atoms with E-state index in [-0.39, 0.29) is 6.54 Å². The Morgan fingerprint density at radius 3 is 2.59 bits per heavy atom. The molecule has 1 unspecified atom stereocenters. The van der Waals surface area contributed by atoms with Crippen LogP contribution in [0, 0.1) is 0 Å². The number of carbonyl (C=O) groups is 1. The average molecular weight is 455 g/mol. The highest BCUT2D eigenvalue weighted by atomic mass is 35.5. The number of benzene rings is 2. The van der Waals surface area contributed by atoms with Crippen LogP contribution < -0.4 is 0 Å². The molecule has 0 aliphatic carbocycles. The topological polar surface area (TPSA) is 89.7 Å². The molecule has 1 fully saturated rings. The van der Waals surface area contributed by atoms with Gasteiger partial charge in [-0.1, -0.05) is 23.2 Å². The number of nitrogens with zero attached hydrogens (tertiary/aromatic N) is 2. The molecule has 4 rings (SSSR count). The van der Waals surface area contributed by atoms with E-state index in [1.807, 2.05) is 0 Å². The molecule has 29 heavy (non-hydrogen) atoms. The van der Waals surface area contributed by atoms with Crippen LogP contribution in [-0.4, -0.2) is 49.1 Å². The lowest BCUT2D eigenvalue weighted by molar-refractivity contribution is 0.0334. The van der Waals surface area contributed by atoms with E-state index in [1.165, 1.54) is 4.31 Å². The molecule has 1 aromatic heterocycles. The third-order valence-electron chi connectivity index (χ3n) is 4.58. The number of halogens is 2. The molecule has 0 N–H and O–H groups in total. The Kier molecular flexibility index (Phi) is 5.29. The van der Waals surface area contributed by atoms with Crippen LogP contribution in [0.5, 0.6) is 0 Å². The van der Waals surface area contributed by atoms with E-state index in [0.717, 1.165) is 6.26 Å². The van der Waals surface area contributed by atoms with E-state index >= 15 is 0 Å². The summed E-state index contributed by atoms with van der Waals surface area (Å²) in [7, 11) is -3.29. The second-order valence-corrected chi connectivity index (χ2v) is 9.65. The number of aromatic nitrogens is 1. The van der Waals surface area contributed by atoms with Crippen LogP contribution in [0.2, 0.25) is 10.0 Å². The third kappa shape index (κ3) is 4.40. The van der Waals surface area contributed by atoms with Gasteiger partial charge in [0.05, 0.1) is 18.4 Å². The van der Waals surface area contributed by atoms with Crippen molar-refractivity contribution < 1.29 is 22.4 Å². The summed E-state index contributed by atoms with van der Waals surface area (Å²) >= 11 is 12.1. The van der Waals surface area contributed by atoms with Crippen LogP contribution in [0.15, 0.2) is 40.8 Å². The predicted octanol–water partition coefficient (Wildman–Crippen LogP) is 3.99. The lowest BCUT2D eigenvalue weighted by Gasteiger charge is -2.14. The Balaban J connectivity index is 1.54. The summed E-state index contributed by atoms with van der Waals surface area (Å²) in [5, 5.41) is 0.914. The zero-order valence-electron chi connectivity index (χ0n) is 15.3. The first-order valence-corrected chi connectivity index (χ1v) is 11.3. The number of esters is 1. The maximum atomic E-state index is 12.5. The van der Waals surface area contributed by atoms with Gasteiger partial charge < -0.3 is 9.15 Å². The summed E-state index contributed by atoms with van der Waals surface area (Å²) in [6, 6.07) is 9.76. The monoisotopic (exact) mass is 454 g/mol. The molecule has 1 saturated heterocycles. The highest BCUT2D eigenvalue weighted by Crippen LogP contribution is 2.30. The van der Waals surface area contributed by atoms with Crippen LogP contribution in [0.1, 0.15) is 16.8 Å². The number of fused-ring (bicyclic) bond motifs is 1. The largest absolute Gasteiger partial charge is 0.457 e. The number of hydrogen-bond acceptors (Lipinski definition) is 6. The number of hydrogen-bond donors (Lipinski definition) is 0. The van der Waals surface area contributed by atoms with Crippen molar-refractivity contribution >= 4 is 50.3 Å². The molecule has 0 spiro atoms. The van der Waals surface area contributed by atoms with Crippen molar-refractivity contribution in [3.8, 4) is 11.5 Å². The normalized spacial score (nSPS) is 17.7. The van der Waals surface area contributed by atoms with Gasteiger partial charge in [0.15, 0.2) is 5.58 Å². The van der Waals surface area contributed by atoms with Crippen molar-refractivity contribution in [2.45, 2.75) is 12.5 Å². The van der Waals surface area contributed by atoms with E-state index in [1.54, 1.807) is 36.4 Å². The second-order valence-electron chi connectivity index (χ2n) is 6.80. The summed E-state index contributed by atoms with van der Waals surface area (Å²) in [5.41, 5.74) is 1.89. The molecule has 7 nitrogen and oxygen atoms in total. The molecule has 0 amide bonds. The van der Waals surface area contributed by atoms with E-state index in [0.29, 0.717) is 51.1 Å². The van der Waals surface area contributed by atoms with Crippen LogP contribution in [0.4, 0.5) is 0 Å². The molecule has 2 heterocycles. The average Bonchev–Trinajstić information content (AvgIpc) is 3.26. The Bertz CT molecular complexity index is 1190. The molecule has 1 atom stereocenters. The first-order valence-electron chi connectivity index (χ1n) is 8.72. The van der Waals surface area contributed by atoms with Gasteiger partial charge >= 0.3 is 5.97 Å². The highest BCUT2D eigenvalue weighted by Gasteiger charge is 2.31. The first kappa shape index (κ1) is 20.2. The Morgan fingerprint density at radius 2 is 1.93 bits per heavy atom. The van der Waals surface area contributed by atoms with Crippen molar-refractivity contribution in [2.24, 2.45) is 0 Å². The van der Waals surface area contributed by atoms with E-state index in [9.17, 15) is 13.2 Å². The zero-order valence-corrected chi connectivity index (χ0v) is 17.6. The van der Waals surface area contributed by atoms with Gasteiger partial charge in [0.2, 0.25) is 15.9 Å². The van der Waals surface area contributed by atoms with Gasteiger partial charge in [-0.15, -0.1) is 0 Å². The predicted molar refractivity (Wildman–Crippen MR) is 110 cm³/mol. The smallest absolute Gasteiger partial charge is 0.338 e. The fourth-order valence-electron chi connectivity index (χ4n) is 3.17. The van der Waals surface area contributed by atoms with Gasteiger partial charge in [-0.05, 0) is 42.8 Å². The molecule has 0 saturated carbocycles. The Hall–Kier alpha value is -2.13. The molecule has 0 radical (unpaired) electrons. The van der Waals surface area contributed by atoms with Crippen LogP contribution in [0.25, 0.3) is 22.6 Å². The minimum Gasteiger partial charge on any atom is -0.457 e. The standard InChI is InChI=1S/C19H16Cl2N2O5S/c1-29(25,26)23-5-4-15(10-23)27-19(24)11-2-3-16-17(8-11)28-18(22-16)12-6-13(20)9-14(21)7-12/h2-3,6-9,15H,4-5,10H2,1H3. The highest BCUT2D eigenvalue weighted by molar-refractivity contribution is 7.88. The second kappa shape index (κ2) is 7.60. The molecular formula is C19H16Cl2N2O5S. The van der Waals surface area contributed by atoms with Gasteiger partial charge in [-0.25, -0.2) is 18.2 Å². The van der Waals surface area contributed by atoms with E-state index in [2.05, 4.69) is 4.98 Å². The van der Waals surface area contributed by atoms with Crippen molar-refractivity contribution in [1.82, 2.24) is 9.29 Å². The Morgan fingerprint density at radius 1 is 1.21 bits per heavy atom. The molecule has 0 bridgehead atoms. The van der Waals surface area contributed by atoms with Gasteiger partial charge in [0, 0.05) is 22.2 Å². The van der Waals surface area contributed by atoms with Crippen LogP contribution in [-0.2, 0) is 14.8 Å². The number of oxazole rings is 1. The molecule has 152 valence electrons. The lowest BCUT2D eigenvalue weighted by atomic mass is 10.2. The van der Waals surface area contributed by atoms with Crippen molar-refractivity contribution in [1.29, 1.82) is 0 Å². The van der Waals surface area contributed by atoms with E-state index < -0.39 is 22.1 Å². The molecule has 1 aliphatic heterocycles. The summed E-state index contributed by atoms with van der Waals surface area (Å²) in [6.45, 7) is 0.498. The van der Waals surface area contributed by atoms with Crippen molar-refractivity contribution in [3.63, 3.8) is 0 Å². The molecular weight excluding hydrogens is 439 g/mol. The lowest BCUT2D eigenvalue weighted by Crippen LogP contribution is -2.29. The van der Waals surface area contributed by atoms with Gasteiger partial charge in [-0.2, -0.15) is 4.31 Å². The minimum absolute atomic E-state index is 0.162. The molecule has 1 aliphatic rings. The number of sulfonamides is 1. The van der Waals surface area contributed by atoms with Gasteiger partial charge in [0.25, 0.3) is 0 Å². The summed E-state index contributed by atoms with van der Waals surface area (Å²) in [6.07, 6.45) is 1.12. The Labute approximate surface area is 177 Å². The summed E-state index contributed by atoms with van der Waals surface area (Å²) in [4.78, 5) is 16.9. The van der Waals surface area contributed by atoms with Crippen LogP contribution in [0.3, 0.4) is 0 Å². The van der Waals surface area contributed by atoms with E-state index in [4.69, 9.17) is 32.4 Å². The zero-order chi connectivity index (χ0) is 20.8. The number of ether oxygens (including phenoxy) is 1. The first-order chi connectivity index (χ1) is 13.7. The fourth-order valence-corrected chi connectivity index (χ4v) is 4.57. The van der Waals surface area contributed by atoms with Crippen molar-refractivity contribution in [3.05, 3.63) is 52.0 Å². The molecule has 10 heteroatoms. The summed E-state index contributed by atoms with van der Waals surface area (Å²) in [5.74, 6) is -0.217. The van der Waals surface area contributed by atoms with Gasteiger partial charge in [0.1, 0.15) is 11.6 Å². The fraction of sp³-hybridized carbons (Fsp3) is 0.263. The quantitative estimate of drug-likeness (QED) is 0.553. The van der Waals surface area contributed by atoms with Crippen molar-refractivity contribution in [2.75, 3.05) is 19.3 Å². The van der Waals surface area contributed by atoms with Gasteiger partial charge in [-0.3, -0.25) is 0 Å². The molecule has 2 aromatic carbocycles. The number of carbonyl (C=O) groups excluding carboxylic acids is 1. The molecule has 3 aromatic rings. The third-order valence-corrected chi connectivity index (χ3v) is 6.29. The summed E-state index contributed by atoms with van der Waals surface area (Å²) < 4.78 is 35.7.